The fourth-order valence-electron chi connectivity index (χ4n) is 2.62. The van der Waals surface area contributed by atoms with Crippen molar-refractivity contribution in [3.63, 3.8) is 0 Å². The molecule has 4 nitrogen and oxygen atoms in total. The number of carbonyl (C=O) groups is 1. The summed E-state index contributed by atoms with van der Waals surface area (Å²) in [6.45, 7) is 3.00. The molecule has 0 atom stereocenters. The second-order valence-electron chi connectivity index (χ2n) is 5.08. The van der Waals surface area contributed by atoms with E-state index < -0.39 is 0 Å². The van der Waals surface area contributed by atoms with Crippen LogP contribution in [0.2, 0.25) is 5.02 Å². The number of piperazine rings is 1. The average molecular weight is 337 g/mol. The van der Waals surface area contributed by atoms with E-state index in [4.69, 9.17) is 16.3 Å². The quantitative estimate of drug-likeness (QED) is 0.861. The second-order valence-corrected chi connectivity index (χ2v) is 6.43. The van der Waals surface area contributed by atoms with E-state index in [1.807, 2.05) is 23.1 Å². The minimum absolute atomic E-state index is 0.0663. The Morgan fingerprint density at radius 1 is 1.23 bits per heavy atom. The van der Waals surface area contributed by atoms with Crippen molar-refractivity contribution in [1.29, 1.82) is 0 Å². The minimum atomic E-state index is 0.0663. The van der Waals surface area contributed by atoms with Crippen LogP contribution in [0.4, 0.5) is 5.69 Å². The number of methoxy groups -OCH3 is 1. The van der Waals surface area contributed by atoms with E-state index in [0.29, 0.717) is 23.0 Å². The number of benzene rings is 1. The zero-order valence-corrected chi connectivity index (χ0v) is 13.9. The molecule has 1 saturated heterocycles. The standard InChI is InChI=1S/C16H17ClN2O2S/c1-21-14-5-3-2-4-13(14)18-6-8-19(9-7-18)16(20)15-10-12(17)11-22-15/h2-5,10-11H,6-9H2,1H3. The van der Waals surface area contributed by atoms with Gasteiger partial charge in [-0.05, 0) is 18.2 Å². The van der Waals surface area contributed by atoms with Crippen LogP contribution in [0.1, 0.15) is 9.67 Å². The molecule has 22 heavy (non-hydrogen) atoms. The number of anilines is 1. The number of ether oxygens (including phenoxy) is 1. The van der Waals surface area contributed by atoms with Crippen molar-refractivity contribution in [3.05, 3.63) is 45.6 Å². The van der Waals surface area contributed by atoms with Crippen LogP contribution >= 0.6 is 22.9 Å². The first-order valence-electron chi connectivity index (χ1n) is 7.10. The van der Waals surface area contributed by atoms with Gasteiger partial charge in [0.15, 0.2) is 0 Å². The monoisotopic (exact) mass is 336 g/mol. The van der Waals surface area contributed by atoms with Crippen LogP contribution in [0.5, 0.6) is 5.75 Å². The van der Waals surface area contributed by atoms with Gasteiger partial charge in [0.25, 0.3) is 5.91 Å². The normalized spacial score (nSPS) is 15.0. The summed E-state index contributed by atoms with van der Waals surface area (Å²) in [6.07, 6.45) is 0. The number of thiophene rings is 1. The smallest absolute Gasteiger partial charge is 0.264 e. The lowest BCUT2D eigenvalue weighted by Crippen LogP contribution is -2.48. The maximum Gasteiger partial charge on any atom is 0.264 e. The Balaban J connectivity index is 1.66. The Kier molecular flexibility index (Phi) is 4.55. The van der Waals surface area contributed by atoms with Gasteiger partial charge in [0.2, 0.25) is 0 Å². The van der Waals surface area contributed by atoms with E-state index in [0.717, 1.165) is 24.5 Å². The summed E-state index contributed by atoms with van der Waals surface area (Å²) in [5.74, 6) is 0.934. The van der Waals surface area contributed by atoms with E-state index in [-0.39, 0.29) is 5.91 Å². The van der Waals surface area contributed by atoms with E-state index in [2.05, 4.69) is 11.0 Å². The van der Waals surface area contributed by atoms with Crippen molar-refractivity contribution in [2.24, 2.45) is 0 Å². The summed E-state index contributed by atoms with van der Waals surface area (Å²) in [5, 5.41) is 2.42. The molecule has 0 unspecified atom stereocenters. The van der Waals surface area contributed by atoms with E-state index in [1.54, 1.807) is 18.6 Å². The van der Waals surface area contributed by atoms with Gasteiger partial charge in [-0.1, -0.05) is 23.7 Å². The third-order valence-corrected chi connectivity index (χ3v) is 5.04. The first-order valence-corrected chi connectivity index (χ1v) is 8.36. The molecule has 6 heteroatoms. The highest BCUT2D eigenvalue weighted by Crippen LogP contribution is 2.29. The number of para-hydroxylation sites is 2. The van der Waals surface area contributed by atoms with Crippen molar-refractivity contribution in [3.8, 4) is 5.75 Å². The van der Waals surface area contributed by atoms with Gasteiger partial charge in [0.05, 0.1) is 22.7 Å². The zero-order valence-electron chi connectivity index (χ0n) is 12.3. The molecule has 1 aromatic carbocycles. The van der Waals surface area contributed by atoms with Crippen molar-refractivity contribution < 1.29 is 9.53 Å². The first-order chi connectivity index (χ1) is 10.7. The van der Waals surface area contributed by atoms with Crippen molar-refractivity contribution in [2.75, 3.05) is 38.2 Å². The van der Waals surface area contributed by atoms with Gasteiger partial charge in [-0.15, -0.1) is 11.3 Å². The predicted octanol–water partition coefficient (Wildman–Crippen LogP) is 3.37. The highest BCUT2D eigenvalue weighted by molar-refractivity contribution is 7.12. The molecule has 2 heterocycles. The van der Waals surface area contributed by atoms with E-state index in [1.165, 1.54) is 11.3 Å². The molecule has 116 valence electrons. The van der Waals surface area contributed by atoms with E-state index >= 15 is 0 Å². The SMILES string of the molecule is COc1ccccc1N1CCN(C(=O)c2cc(Cl)cs2)CC1. The molecule has 2 aromatic rings. The molecule has 0 saturated carbocycles. The van der Waals surface area contributed by atoms with Gasteiger partial charge in [0, 0.05) is 31.6 Å². The number of rotatable bonds is 3. The van der Waals surface area contributed by atoms with Gasteiger partial charge >= 0.3 is 0 Å². The third-order valence-electron chi connectivity index (χ3n) is 3.77. The summed E-state index contributed by atoms with van der Waals surface area (Å²) in [6, 6.07) is 9.71. The first kappa shape index (κ1) is 15.2. The molecule has 0 radical (unpaired) electrons. The summed E-state index contributed by atoms with van der Waals surface area (Å²) >= 11 is 7.30. The molecule has 3 rings (SSSR count). The Bertz CT molecular complexity index is 666. The Hall–Kier alpha value is -1.72. The van der Waals surface area contributed by atoms with Crippen molar-refractivity contribution in [2.45, 2.75) is 0 Å². The number of halogens is 1. The van der Waals surface area contributed by atoms with Crippen LogP contribution in [-0.4, -0.2) is 44.1 Å². The largest absolute Gasteiger partial charge is 0.495 e. The highest BCUT2D eigenvalue weighted by atomic mass is 35.5. The Morgan fingerprint density at radius 3 is 2.59 bits per heavy atom. The van der Waals surface area contributed by atoms with Gasteiger partial charge in [0.1, 0.15) is 5.75 Å². The molecule has 0 bridgehead atoms. The predicted molar refractivity (Wildman–Crippen MR) is 90.4 cm³/mol. The van der Waals surface area contributed by atoms with Crippen molar-refractivity contribution in [1.82, 2.24) is 4.90 Å². The van der Waals surface area contributed by atoms with Crippen LogP contribution in [0.25, 0.3) is 0 Å². The number of amides is 1. The Morgan fingerprint density at radius 2 is 1.95 bits per heavy atom. The molecule has 0 aliphatic carbocycles. The highest BCUT2D eigenvalue weighted by Gasteiger charge is 2.24. The maximum absolute atomic E-state index is 12.4. The fourth-order valence-corrected chi connectivity index (χ4v) is 3.66. The summed E-state index contributed by atoms with van der Waals surface area (Å²) in [4.78, 5) is 17.3. The lowest BCUT2D eigenvalue weighted by Gasteiger charge is -2.36. The van der Waals surface area contributed by atoms with Crippen LogP contribution in [0.15, 0.2) is 35.7 Å². The maximum atomic E-state index is 12.4. The second kappa shape index (κ2) is 6.58. The van der Waals surface area contributed by atoms with Gasteiger partial charge in [-0.25, -0.2) is 0 Å². The third kappa shape index (κ3) is 3.05. The topological polar surface area (TPSA) is 32.8 Å². The zero-order chi connectivity index (χ0) is 15.5. The molecule has 1 aliphatic rings. The molecular formula is C16H17ClN2O2S. The molecule has 1 aromatic heterocycles. The fraction of sp³-hybridized carbons (Fsp3) is 0.312. The minimum Gasteiger partial charge on any atom is -0.495 e. The molecule has 1 fully saturated rings. The van der Waals surface area contributed by atoms with Crippen LogP contribution < -0.4 is 9.64 Å². The number of hydrogen-bond donors (Lipinski definition) is 0. The van der Waals surface area contributed by atoms with Crippen LogP contribution in [0.3, 0.4) is 0 Å². The van der Waals surface area contributed by atoms with Gasteiger partial charge in [-0.2, -0.15) is 0 Å². The summed E-state index contributed by atoms with van der Waals surface area (Å²) in [5.41, 5.74) is 1.08. The van der Waals surface area contributed by atoms with Gasteiger partial charge < -0.3 is 14.5 Å². The van der Waals surface area contributed by atoms with Gasteiger partial charge in [-0.3, -0.25) is 4.79 Å². The Labute approximate surface area is 138 Å². The molecule has 0 spiro atoms. The summed E-state index contributed by atoms with van der Waals surface area (Å²) < 4.78 is 5.41. The molecule has 1 amide bonds. The number of nitrogens with zero attached hydrogens (tertiary/aromatic N) is 2. The lowest BCUT2D eigenvalue weighted by molar-refractivity contribution is 0.0751. The number of hydrogen-bond acceptors (Lipinski definition) is 4. The van der Waals surface area contributed by atoms with E-state index in [9.17, 15) is 4.79 Å². The average Bonchev–Trinajstić information content (AvgIpc) is 3.01. The summed E-state index contributed by atoms with van der Waals surface area (Å²) in [7, 11) is 1.68. The van der Waals surface area contributed by atoms with Crippen LogP contribution in [0, 0.1) is 0 Å². The molecular weight excluding hydrogens is 320 g/mol. The van der Waals surface area contributed by atoms with Crippen LogP contribution in [-0.2, 0) is 0 Å². The lowest BCUT2D eigenvalue weighted by atomic mass is 10.2. The molecule has 0 N–H and O–H groups in total. The van der Waals surface area contributed by atoms with Crippen molar-refractivity contribution >= 4 is 34.5 Å². The number of carbonyl (C=O) groups excluding carboxylic acids is 1. The molecule has 1 aliphatic heterocycles.